The van der Waals surface area contributed by atoms with Gasteiger partial charge in [0.1, 0.15) is 11.9 Å². The Morgan fingerprint density at radius 1 is 1.22 bits per heavy atom. The van der Waals surface area contributed by atoms with E-state index in [0.29, 0.717) is 23.3 Å². The third-order valence-electron chi connectivity index (χ3n) is 4.41. The summed E-state index contributed by atoms with van der Waals surface area (Å²) in [6.07, 6.45) is 3.37. The molecule has 7 nitrogen and oxygen atoms in total. The fourth-order valence-electron chi connectivity index (χ4n) is 2.99. The zero-order chi connectivity index (χ0) is 19.2. The molecule has 3 aromatic rings. The van der Waals surface area contributed by atoms with Crippen LogP contribution in [-0.2, 0) is 4.79 Å². The number of benzene rings is 2. The van der Waals surface area contributed by atoms with Crippen LogP contribution in [0.2, 0.25) is 0 Å². The Hall–Kier alpha value is -3.22. The number of carbonyl (C=O) groups is 1. The highest BCUT2D eigenvalue weighted by atomic mass is 16.6. The van der Waals surface area contributed by atoms with E-state index in [2.05, 4.69) is 22.2 Å². The second kappa shape index (κ2) is 8.44. The Kier molecular flexibility index (Phi) is 5.80. The summed E-state index contributed by atoms with van der Waals surface area (Å²) in [5.74, 6) is 0.518. The molecule has 1 aromatic heterocycles. The highest BCUT2D eigenvalue weighted by Crippen LogP contribution is 2.25. The molecule has 1 unspecified atom stereocenters. The quantitative estimate of drug-likeness (QED) is 0.353. The van der Waals surface area contributed by atoms with Crippen molar-refractivity contribution in [3.8, 4) is 0 Å². The molecule has 27 heavy (non-hydrogen) atoms. The molecule has 0 fully saturated rings. The maximum Gasteiger partial charge on any atom is 0.271 e. The number of nitro groups is 1. The molecule has 0 bridgehead atoms. The molecule has 1 heterocycles. The summed E-state index contributed by atoms with van der Waals surface area (Å²) in [4.78, 5) is 30.6. The molecule has 7 heteroatoms. The lowest BCUT2D eigenvalue weighted by Crippen LogP contribution is -2.29. The van der Waals surface area contributed by atoms with Gasteiger partial charge in [0.25, 0.3) is 5.69 Å². The van der Waals surface area contributed by atoms with Crippen molar-refractivity contribution < 1.29 is 9.72 Å². The van der Waals surface area contributed by atoms with Crippen LogP contribution in [-0.4, -0.2) is 20.8 Å². The van der Waals surface area contributed by atoms with Crippen molar-refractivity contribution >= 4 is 22.6 Å². The number of fused-ring (bicyclic) bond motifs is 1. The molecule has 0 saturated carbocycles. The van der Waals surface area contributed by atoms with Crippen molar-refractivity contribution in [1.82, 2.24) is 15.3 Å². The summed E-state index contributed by atoms with van der Waals surface area (Å²) in [5, 5.41) is 14.0. The van der Waals surface area contributed by atoms with Gasteiger partial charge in [-0.3, -0.25) is 14.9 Å². The Balaban J connectivity index is 1.91. The number of hydrogen-bond donors (Lipinski definition) is 2. The number of non-ortho nitro benzene ring substituents is 1. The van der Waals surface area contributed by atoms with E-state index in [0.717, 1.165) is 24.8 Å². The van der Waals surface area contributed by atoms with E-state index in [9.17, 15) is 14.9 Å². The summed E-state index contributed by atoms with van der Waals surface area (Å²) in [6, 6.07) is 13.6. The number of nitrogens with one attached hydrogen (secondary N) is 2. The summed E-state index contributed by atoms with van der Waals surface area (Å²) in [7, 11) is 0. The van der Waals surface area contributed by atoms with Crippen LogP contribution in [0, 0.1) is 10.1 Å². The molecule has 0 radical (unpaired) electrons. The molecule has 0 saturated heterocycles. The Labute approximate surface area is 157 Å². The summed E-state index contributed by atoms with van der Waals surface area (Å²) >= 11 is 0. The molecule has 0 aliphatic heterocycles. The molecule has 1 atom stereocenters. The van der Waals surface area contributed by atoms with Crippen molar-refractivity contribution in [2.24, 2.45) is 0 Å². The van der Waals surface area contributed by atoms with Crippen LogP contribution >= 0.6 is 0 Å². The van der Waals surface area contributed by atoms with Crippen LogP contribution in [0.1, 0.15) is 50.0 Å². The number of aromatic nitrogens is 2. The van der Waals surface area contributed by atoms with Crippen molar-refractivity contribution in [2.45, 2.75) is 38.6 Å². The molecule has 0 spiro atoms. The van der Waals surface area contributed by atoms with Gasteiger partial charge in [0, 0.05) is 18.6 Å². The van der Waals surface area contributed by atoms with Gasteiger partial charge in [-0.2, -0.15) is 0 Å². The number of amides is 1. The predicted molar refractivity (Wildman–Crippen MR) is 103 cm³/mol. The maximum atomic E-state index is 12.4. The van der Waals surface area contributed by atoms with Gasteiger partial charge in [-0.25, -0.2) is 4.98 Å². The molecule has 3 rings (SSSR count). The van der Waals surface area contributed by atoms with Crippen LogP contribution < -0.4 is 5.32 Å². The monoisotopic (exact) mass is 366 g/mol. The first-order chi connectivity index (χ1) is 13.1. The fourth-order valence-corrected chi connectivity index (χ4v) is 2.99. The minimum Gasteiger partial charge on any atom is -0.342 e. The Morgan fingerprint density at radius 2 is 2.00 bits per heavy atom. The molecule has 1 amide bonds. The highest BCUT2D eigenvalue weighted by molar-refractivity contribution is 5.79. The molecular weight excluding hydrogens is 344 g/mol. The van der Waals surface area contributed by atoms with Crippen LogP contribution in [0.4, 0.5) is 5.69 Å². The lowest BCUT2D eigenvalue weighted by Gasteiger charge is -2.17. The van der Waals surface area contributed by atoms with Gasteiger partial charge in [-0.1, -0.05) is 50.1 Å². The Bertz CT molecular complexity index is 937. The van der Waals surface area contributed by atoms with Crippen LogP contribution in [0.5, 0.6) is 0 Å². The third-order valence-corrected chi connectivity index (χ3v) is 4.41. The van der Waals surface area contributed by atoms with Crippen molar-refractivity contribution in [3.05, 3.63) is 70.0 Å². The minimum absolute atomic E-state index is 0.00226. The van der Waals surface area contributed by atoms with E-state index in [1.165, 1.54) is 12.1 Å². The number of imidazole rings is 1. The molecule has 2 aromatic carbocycles. The normalized spacial score (nSPS) is 12.0. The average molecular weight is 366 g/mol. The molecule has 0 aliphatic carbocycles. The first-order valence-corrected chi connectivity index (χ1v) is 9.07. The molecule has 2 N–H and O–H groups in total. The standard InChI is InChI=1S/C20H22N4O3/c1-2-3-5-10-18(25)23-19(14-8-6-4-7-9-14)20-21-16-12-11-15(24(26)27)13-17(16)22-20/h4,6-9,11-13,19H,2-3,5,10H2,1H3,(H,21,22)(H,23,25). The van der Waals surface area contributed by atoms with Crippen molar-refractivity contribution in [1.29, 1.82) is 0 Å². The number of carbonyl (C=O) groups excluding carboxylic acids is 1. The van der Waals surface area contributed by atoms with Crippen molar-refractivity contribution in [2.75, 3.05) is 0 Å². The van der Waals surface area contributed by atoms with Gasteiger partial charge >= 0.3 is 0 Å². The smallest absolute Gasteiger partial charge is 0.271 e. The molecular formula is C20H22N4O3. The topological polar surface area (TPSA) is 101 Å². The van der Waals surface area contributed by atoms with E-state index in [1.54, 1.807) is 6.07 Å². The largest absolute Gasteiger partial charge is 0.342 e. The number of rotatable bonds is 8. The van der Waals surface area contributed by atoms with Crippen LogP contribution in [0.3, 0.4) is 0 Å². The van der Waals surface area contributed by atoms with Gasteiger partial charge in [-0.05, 0) is 18.1 Å². The predicted octanol–water partition coefficient (Wildman–Crippen LogP) is 4.26. The van der Waals surface area contributed by atoms with Gasteiger partial charge in [0.2, 0.25) is 5.91 Å². The number of unbranched alkanes of at least 4 members (excludes halogenated alkanes) is 2. The van der Waals surface area contributed by atoms with Crippen molar-refractivity contribution in [3.63, 3.8) is 0 Å². The Morgan fingerprint density at radius 3 is 2.70 bits per heavy atom. The zero-order valence-electron chi connectivity index (χ0n) is 15.1. The van der Waals surface area contributed by atoms with E-state index in [1.807, 2.05) is 30.3 Å². The zero-order valence-corrected chi connectivity index (χ0v) is 15.1. The van der Waals surface area contributed by atoms with E-state index in [-0.39, 0.29) is 11.6 Å². The fraction of sp³-hybridized carbons (Fsp3) is 0.300. The summed E-state index contributed by atoms with van der Waals surface area (Å²) in [6.45, 7) is 2.10. The SMILES string of the molecule is CCCCCC(=O)NC(c1ccccc1)c1nc2ccc([N+](=O)[O-])cc2[nH]1. The summed E-state index contributed by atoms with van der Waals surface area (Å²) in [5.41, 5.74) is 2.09. The number of aromatic amines is 1. The van der Waals surface area contributed by atoms with E-state index >= 15 is 0 Å². The lowest BCUT2D eigenvalue weighted by atomic mass is 10.1. The first-order valence-electron chi connectivity index (χ1n) is 9.07. The lowest BCUT2D eigenvalue weighted by molar-refractivity contribution is -0.384. The van der Waals surface area contributed by atoms with E-state index in [4.69, 9.17) is 0 Å². The van der Waals surface area contributed by atoms with Crippen LogP contribution in [0.15, 0.2) is 48.5 Å². The van der Waals surface area contributed by atoms with Gasteiger partial charge < -0.3 is 10.3 Å². The average Bonchev–Trinajstić information content (AvgIpc) is 3.10. The van der Waals surface area contributed by atoms with Gasteiger partial charge in [0.15, 0.2) is 0 Å². The third kappa shape index (κ3) is 4.49. The van der Waals surface area contributed by atoms with Crippen LogP contribution in [0.25, 0.3) is 11.0 Å². The number of hydrogen-bond acceptors (Lipinski definition) is 4. The number of H-pyrrole nitrogens is 1. The first kappa shape index (κ1) is 18.6. The van der Waals surface area contributed by atoms with E-state index < -0.39 is 11.0 Å². The maximum absolute atomic E-state index is 12.4. The summed E-state index contributed by atoms with van der Waals surface area (Å²) < 4.78 is 0. The second-order valence-corrected chi connectivity index (χ2v) is 6.45. The second-order valence-electron chi connectivity index (χ2n) is 6.45. The van der Waals surface area contributed by atoms with Gasteiger partial charge in [-0.15, -0.1) is 0 Å². The molecule has 140 valence electrons. The number of nitrogens with zero attached hydrogens (tertiary/aromatic N) is 2. The number of nitro benzene ring substituents is 1. The van der Waals surface area contributed by atoms with Gasteiger partial charge in [0.05, 0.1) is 16.0 Å². The minimum atomic E-state index is -0.440. The highest BCUT2D eigenvalue weighted by Gasteiger charge is 2.21. The molecule has 0 aliphatic rings.